The fourth-order valence-electron chi connectivity index (χ4n) is 2.18. The summed E-state index contributed by atoms with van der Waals surface area (Å²) in [4.78, 5) is 8.77. The number of benzene rings is 1. The Morgan fingerprint density at radius 2 is 1.83 bits per heavy atom. The van der Waals surface area contributed by atoms with Crippen LogP contribution in [0.4, 0.5) is 5.82 Å². The van der Waals surface area contributed by atoms with Crippen molar-refractivity contribution in [2.45, 2.75) is 25.7 Å². The van der Waals surface area contributed by atoms with E-state index >= 15 is 0 Å². The van der Waals surface area contributed by atoms with Gasteiger partial charge in [0.1, 0.15) is 5.69 Å². The van der Waals surface area contributed by atoms with Crippen molar-refractivity contribution >= 4 is 5.82 Å². The van der Waals surface area contributed by atoms with E-state index in [2.05, 4.69) is 46.5 Å². The van der Waals surface area contributed by atoms with E-state index in [1.54, 1.807) is 12.4 Å². The Hall–Kier alpha value is -1.90. The molecule has 92 valence electrons. The maximum absolute atomic E-state index is 4.43. The second-order valence-corrected chi connectivity index (χ2v) is 4.68. The molecule has 1 heterocycles. The highest BCUT2D eigenvalue weighted by Gasteiger charge is 2.23. The SMILES string of the molecule is CCNc1nccnc1-c1ccc(C2CC2)cc1. The minimum Gasteiger partial charge on any atom is -0.369 e. The molecule has 1 fully saturated rings. The van der Waals surface area contributed by atoms with Crippen LogP contribution in [0, 0.1) is 0 Å². The normalized spacial score (nSPS) is 14.5. The summed E-state index contributed by atoms with van der Waals surface area (Å²) in [7, 11) is 0. The van der Waals surface area contributed by atoms with Gasteiger partial charge in [-0.2, -0.15) is 0 Å². The molecule has 1 N–H and O–H groups in total. The lowest BCUT2D eigenvalue weighted by Crippen LogP contribution is -2.02. The fourth-order valence-corrected chi connectivity index (χ4v) is 2.18. The molecule has 1 aromatic carbocycles. The van der Waals surface area contributed by atoms with Gasteiger partial charge in [-0.15, -0.1) is 0 Å². The van der Waals surface area contributed by atoms with Crippen LogP contribution in [0.5, 0.6) is 0 Å². The van der Waals surface area contributed by atoms with E-state index < -0.39 is 0 Å². The number of hydrogen-bond acceptors (Lipinski definition) is 3. The maximum Gasteiger partial charge on any atom is 0.152 e. The lowest BCUT2D eigenvalue weighted by atomic mass is 10.1. The van der Waals surface area contributed by atoms with E-state index in [0.29, 0.717) is 0 Å². The molecule has 1 aliphatic carbocycles. The van der Waals surface area contributed by atoms with Crippen LogP contribution in [-0.2, 0) is 0 Å². The van der Waals surface area contributed by atoms with Crippen molar-refractivity contribution in [2.24, 2.45) is 0 Å². The molecule has 1 aromatic heterocycles. The van der Waals surface area contributed by atoms with Gasteiger partial charge in [0, 0.05) is 24.5 Å². The third-order valence-electron chi connectivity index (χ3n) is 3.28. The second kappa shape index (κ2) is 4.77. The van der Waals surface area contributed by atoms with Gasteiger partial charge in [-0.25, -0.2) is 4.98 Å². The summed E-state index contributed by atoms with van der Waals surface area (Å²) in [6.45, 7) is 2.92. The van der Waals surface area contributed by atoms with Crippen LogP contribution in [0.3, 0.4) is 0 Å². The van der Waals surface area contributed by atoms with Gasteiger partial charge < -0.3 is 5.32 Å². The Morgan fingerprint density at radius 1 is 1.11 bits per heavy atom. The van der Waals surface area contributed by atoms with Crippen LogP contribution < -0.4 is 5.32 Å². The monoisotopic (exact) mass is 239 g/mol. The average molecular weight is 239 g/mol. The number of anilines is 1. The van der Waals surface area contributed by atoms with Crippen LogP contribution in [-0.4, -0.2) is 16.5 Å². The lowest BCUT2D eigenvalue weighted by Gasteiger charge is -2.08. The zero-order valence-corrected chi connectivity index (χ0v) is 10.6. The minimum absolute atomic E-state index is 0.800. The van der Waals surface area contributed by atoms with E-state index in [-0.39, 0.29) is 0 Å². The van der Waals surface area contributed by atoms with Crippen molar-refractivity contribution in [3.05, 3.63) is 42.2 Å². The van der Waals surface area contributed by atoms with Crippen LogP contribution in [0.25, 0.3) is 11.3 Å². The molecule has 3 heteroatoms. The summed E-state index contributed by atoms with van der Waals surface area (Å²) in [6.07, 6.45) is 6.14. The number of nitrogens with zero attached hydrogens (tertiary/aromatic N) is 2. The first-order valence-electron chi connectivity index (χ1n) is 6.53. The first-order valence-corrected chi connectivity index (χ1v) is 6.53. The summed E-state index contributed by atoms with van der Waals surface area (Å²) in [5.74, 6) is 1.66. The van der Waals surface area contributed by atoms with E-state index in [0.717, 1.165) is 29.5 Å². The van der Waals surface area contributed by atoms with Gasteiger partial charge in [-0.3, -0.25) is 4.98 Å². The molecule has 2 aromatic rings. The molecule has 18 heavy (non-hydrogen) atoms. The standard InChI is InChI=1S/C15H17N3/c1-2-16-15-14(17-9-10-18-15)13-7-5-12(6-8-13)11-3-4-11/h5-11H,2-4H2,1H3,(H,16,18). The Balaban J connectivity index is 1.93. The highest BCUT2D eigenvalue weighted by atomic mass is 15.0. The third-order valence-corrected chi connectivity index (χ3v) is 3.28. The van der Waals surface area contributed by atoms with Gasteiger partial charge in [-0.05, 0) is 31.2 Å². The molecule has 1 aliphatic rings. The van der Waals surface area contributed by atoms with Crippen molar-refractivity contribution in [1.82, 2.24) is 9.97 Å². The predicted octanol–water partition coefficient (Wildman–Crippen LogP) is 3.45. The molecule has 0 unspecified atom stereocenters. The molecule has 0 aliphatic heterocycles. The Morgan fingerprint density at radius 3 is 2.50 bits per heavy atom. The Kier molecular flexibility index (Phi) is 2.97. The number of aromatic nitrogens is 2. The van der Waals surface area contributed by atoms with Crippen LogP contribution in [0.1, 0.15) is 31.2 Å². The van der Waals surface area contributed by atoms with E-state index in [4.69, 9.17) is 0 Å². The minimum atomic E-state index is 0.800. The number of rotatable bonds is 4. The summed E-state index contributed by atoms with van der Waals surface area (Å²) in [6, 6.07) is 8.74. The molecule has 0 atom stereocenters. The predicted molar refractivity (Wildman–Crippen MR) is 73.6 cm³/mol. The first kappa shape index (κ1) is 11.2. The molecule has 3 nitrogen and oxygen atoms in total. The average Bonchev–Trinajstić information content (AvgIpc) is 3.25. The van der Waals surface area contributed by atoms with Crippen LogP contribution in [0.2, 0.25) is 0 Å². The number of nitrogens with one attached hydrogen (secondary N) is 1. The third kappa shape index (κ3) is 2.21. The van der Waals surface area contributed by atoms with Crippen LogP contribution in [0.15, 0.2) is 36.7 Å². The highest BCUT2D eigenvalue weighted by molar-refractivity contribution is 5.71. The molecule has 3 rings (SSSR count). The molecule has 0 spiro atoms. The summed E-state index contributed by atoms with van der Waals surface area (Å²) < 4.78 is 0. The molecular weight excluding hydrogens is 222 g/mol. The molecule has 0 bridgehead atoms. The van der Waals surface area contributed by atoms with Gasteiger partial charge in [0.05, 0.1) is 0 Å². The fraction of sp³-hybridized carbons (Fsp3) is 0.333. The molecule has 0 amide bonds. The van der Waals surface area contributed by atoms with E-state index in [1.165, 1.54) is 18.4 Å². The maximum atomic E-state index is 4.43. The summed E-state index contributed by atoms with van der Waals surface area (Å²) in [5, 5.41) is 3.25. The summed E-state index contributed by atoms with van der Waals surface area (Å²) in [5.41, 5.74) is 3.51. The van der Waals surface area contributed by atoms with Crippen molar-refractivity contribution in [3.63, 3.8) is 0 Å². The van der Waals surface area contributed by atoms with Gasteiger partial charge in [-0.1, -0.05) is 24.3 Å². The van der Waals surface area contributed by atoms with Crippen molar-refractivity contribution < 1.29 is 0 Å². The van der Waals surface area contributed by atoms with Gasteiger partial charge >= 0.3 is 0 Å². The Labute approximate surface area is 107 Å². The van der Waals surface area contributed by atoms with Crippen molar-refractivity contribution in [1.29, 1.82) is 0 Å². The number of hydrogen-bond donors (Lipinski definition) is 1. The molecule has 0 radical (unpaired) electrons. The van der Waals surface area contributed by atoms with Crippen molar-refractivity contribution in [3.8, 4) is 11.3 Å². The van der Waals surface area contributed by atoms with E-state index in [9.17, 15) is 0 Å². The topological polar surface area (TPSA) is 37.8 Å². The zero-order valence-electron chi connectivity index (χ0n) is 10.6. The van der Waals surface area contributed by atoms with Crippen molar-refractivity contribution in [2.75, 3.05) is 11.9 Å². The Bertz CT molecular complexity index is 530. The first-order chi connectivity index (χ1) is 8.88. The molecule has 0 saturated heterocycles. The van der Waals surface area contributed by atoms with Gasteiger partial charge in [0.15, 0.2) is 5.82 Å². The van der Waals surface area contributed by atoms with Gasteiger partial charge in [0.25, 0.3) is 0 Å². The molecule has 1 saturated carbocycles. The summed E-state index contributed by atoms with van der Waals surface area (Å²) >= 11 is 0. The van der Waals surface area contributed by atoms with E-state index in [1.807, 2.05) is 0 Å². The van der Waals surface area contributed by atoms with Gasteiger partial charge in [0.2, 0.25) is 0 Å². The largest absolute Gasteiger partial charge is 0.369 e. The van der Waals surface area contributed by atoms with Crippen LogP contribution >= 0.6 is 0 Å². The zero-order chi connectivity index (χ0) is 12.4. The molecular formula is C15H17N3. The smallest absolute Gasteiger partial charge is 0.152 e. The second-order valence-electron chi connectivity index (χ2n) is 4.68. The quantitative estimate of drug-likeness (QED) is 0.888. The lowest BCUT2D eigenvalue weighted by molar-refractivity contribution is 1.12. The highest BCUT2D eigenvalue weighted by Crippen LogP contribution is 2.40.